The van der Waals surface area contributed by atoms with E-state index in [1.54, 1.807) is 12.1 Å². The average molecular weight is 358 g/mol. The maximum Gasteiger partial charge on any atom is 0.269 e. The molecule has 1 aromatic carbocycles. The third-order valence-electron chi connectivity index (χ3n) is 5.45. The molecular weight excluding hydrogens is 335 g/mol. The van der Waals surface area contributed by atoms with Crippen LogP contribution in [0.1, 0.15) is 40.2 Å². The zero-order chi connectivity index (χ0) is 18.3. The summed E-state index contributed by atoms with van der Waals surface area (Å²) in [6.07, 6.45) is 1.71. The molecule has 0 aliphatic carbocycles. The highest BCUT2D eigenvalue weighted by Crippen LogP contribution is 2.33. The van der Waals surface area contributed by atoms with Crippen molar-refractivity contribution in [3.8, 4) is 0 Å². The fraction of sp³-hybridized carbons (Fsp3) is 0.474. The topological polar surface area (TPSA) is 73.4 Å². The zero-order valence-electron chi connectivity index (χ0n) is 14.9. The van der Waals surface area contributed by atoms with Crippen molar-refractivity contribution in [3.05, 3.63) is 52.6 Å². The molecule has 2 aliphatic heterocycles. The standard InChI is InChI=1S/C19H23FN4O2/c1-13-2-3-14(16(20)8-13)10-23-6-4-19(5-7-23)12-24-15(11-26-19)9-17(22-24)18(21)25/h2-3,8-9H,4-7,10-12H2,1H3,(H2,21,25). The molecule has 1 amide bonds. The minimum Gasteiger partial charge on any atom is -0.367 e. The quantitative estimate of drug-likeness (QED) is 0.911. The van der Waals surface area contributed by atoms with Crippen molar-refractivity contribution in [2.24, 2.45) is 5.73 Å². The number of amides is 1. The van der Waals surface area contributed by atoms with Crippen LogP contribution in [0.4, 0.5) is 4.39 Å². The molecule has 0 bridgehead atoms. The molecule has 26 heavy (non-hydrogen) atoms. The van der Waals surface area contributed by atoms with Gasteiger partial charge in [-0.3, -0.25) is 14.4 Å². The summed E-state index contributed by atoms with van der Waals surface area (Å²) in [5, 5.41) is 4.31. The van der Waals surface area contributed by atoms with Crippen molar-refractivity contribution >= 4 is 5.91 Å². The Hall–Kier alpha value is -2.25. The summed E-state index contributed by atoms with van der Waals surface area (Å²) >= 11 is 0. The fourth-order valence-electron chi connectivity index (χ4n) is 3.82. The molecule has 0 atom stereocenters. The maximum atomic E-state index is 14.1. The molecule has 1 spiro atoms. The first-order valence-corrected chi connectivity index (χ1v) is 8.92. The van der Waals surface area contributed by atoms with E-state index in [1.807, 2.05) is 23.7 Å². The number of fused-ring (bicyclic) bond motifs is 1. The van der Waals surface area contributed by atoms with Gasteiger partial charge in [0.2, 0.25) is 0 Å². The van der Waals surface area contributed by atoms with E-state index >= 15 is 0 Å². The Bertz CT molecular complexity index is 840. The third-order valence-corrected chi connectivity index (χ3v) is 5.45. The molecule has 2 aromatic rings. The number of nitrogens with two attached hydrogens (primary N) is 1. The number of benzene rings is 1. The summed E-state index contributed by atoms with van der Waals surface area (Å²) in [5.41, 5.74) is 7.88. The number of rotatable bonds is 3. The minimum absolute atomic E-state index is 0.139. The van der Waals surface area contributed by atoms with Gasteiger partial charge in [0, 0.05) is 25.2 Å². The number of ether oxygens (including phenoxy) is 1. The SMILES string of the molecule is Cc1ccc(CN2CCC3(CC2)Cn2nc(C(N)=O)cc2CO3)c(F)c1. The van der Waals surface area contributed by atoms with E-state index in [4.69, 9.17) is 10.5 Å². The van der Waals surface area contributed by atoms with Gasteiger partial charge in [0.25, 0.3) is 5.91 Å². The summed E-state index contributed by atoms with van der Waals surface area (Å²) in [7, 11) is 0. The van der Waals surface area contributed by atoms with E-state index in [-0.39, 0.29) is 17.1 Å². The molecule has 0 saturated carbocycles. The van der Waals surface area contributed by atoms with Gasteiger partial charge in [-0.05, 0) is 37.5 Å². The number of piperidine rings is 1. The second-order valence-corrected chi connectivity index (χ2v) is 7.39. The Kier molecular flexibility index (Phi) is 4.28. The molecular formula is C19H23FN4O2. The Morgan fingerprint density at radius 2 is 2.12 bits per heavy atom. The number of primary amides is 1. The largest absolute Gasteiger partial charge is 0.367 e. The first-order chi connectivity index (χ1) is 12.4. The zero-order valence-corrected chi connectivity index (χ0v) is 14.9. The fourth-order valence-corrected chi connectivity index (χ4v) is 3.82. The van der Waals surface area contributed by atoms with Crippen LogP contribution in [0, 0.1) is 12.7 Å². The van der Waals surface area contributed by atoms with Crippen LogP contribution in [0.25, 0.3) is 0 Å². The van der Waals surface area contributed by atoms with Crippen LogP contribution in [-0.4, -0.2) is 39.3 Å². The van der Waals surface area contributed by atoms with Gasteiger partial charge in [-0.25, -0.2) is 4.39 Å². The molecule has 2 N–H and O–H groups in total. The van der Waals surface area contributed by atoms with Gasteiger partial charge in [0.05, 0.1) is 24.4 Å². The number of hydrogen-bond acceptors (Lipinski definition) is 4. The van der Waals surface area contributed by atoms with Gasteiger partial charge >= 0.3 is 0 Å². The smallest absolute Gasteiger partial charge is 0.269 e. The second-order valence-electron chi connectivity index (χ2n) is 7.39. The molecule has 138 valence electrons. The van der Waals surface area contributed by atoms with E-state index in [2.05, 4.69) is 10.00 Å². The lowest BCUT2D eigenvalue weighted by Gasteiger charge is -2.43. The molecule has 7 heteroatoms. The summed E-state index contributed by atoms with van der Waals surface area (Å²) in [5.74, 6) is -0.657. The van der Waals surface area contributed by atoms with Crippen molar-refractivity contribution in [3.63, 3.8) is 0 Å². The van der Waals surface area contributed by atoms with Crippen molar-refractivity contribution in [2.75, 3.05) is 13.1 Å². The van der Waals surface area contributed by atoms with E-state index in [1.165, 1.54) is 0 Å². The molecule has 1 aromatic heterocycles. The van der Waals surface area contributed by atoms with Gasteiger partial charge in [0.15, 0.2) is 0 Å². The van der Waals surface area contributed by atoms with Gasteiger partial charge < -0.3 is 10.5 Å². The van der Waals surface area contributed by atoms with Gasteiger partial charge in [-0.2, -0.15) is 5.10 Å². The van der Waals surface area contributed by atoms with Crippen LogP contribution in [0.5, 0.6) is 0 Å². The highest BCUT2D eigenvalue weighted by Gasteiger charge is 2.39. The summed E-state index contributed by atoms with van der Waals surface area (Å²) in [6, 6.07) is 7.10. The number of aromatic nitrogens is 2. The summed E-state index contributed by atoms with van der Waals surface area (Å²) in [6.45, 7) is 5.25. The lowest BCUT2D eigenvalue weighted by atomic mass is 9.89. The maximum absolute atomic E-state index is 14.1. The second kappa shape index (κ2) is 6.48. The summed E-state index contributed by atoms with van der Waals surface area (Å²) < 4.78 is 22.1. The molecule has 6 nitrogen and oxygen atoms in total. The van der Waals surface area contributed by atoms with Gasteiger partial charge in [-0.15, -0.1) is 0 Å². The van der Waals surface area contributed by atoms with Crippen LogP contribution in [-0.2, 0) is 24.4 Å². The third kappa shape index (κ3) is 3.24. The van der Waals surface area contributed by atoms with Crippen molar-refractivity contribution < 1.29 is 13.9 Å². The predicted octanol–water partition coefficient (Wildman–Crippen LogP) is 1.99. The van der Waals surface area contributed by atoms with E-state index < -0.39 is 5.91 Å². The van der Waals surface area contributed by atoms with Crippen molar-refractivity contribution in [2.45, 2.75) is 45.1 Å². The number of carbonyl (C=O) groups excluding carboxylic acids is 1. The number of hydrogen-bond donors (Lipinski definition) is 1. The molecule has 2 aliphatic rings. The Morgan fingerprint density at radius 1 is 1.35 bits per heavy atom. The Labute approximate surface area is 151 Å². The lowest BCUT2D eigenvalue weighted by Crippen LogP contribution is -2.50. The van der Waals surface area contributed by atoms with Crippen molar-refractivity contribution in [1.29, 1.82) is 0 Å². The van der Waals surface area contributed by atoms with E-state index in [0.29, 0.717) is 19.7 Å². The van der Waals surface area contributed by atoms with Crippen LogP contribution < -0.4 is 5.73 Å². The molecule has 1 saturated heterocycles. The number of likely N-dealkylation sites (tertiary alicyclic amines) is 1. The number of carbonyl (C=O) groups is 1. The molecule has 3 heterocycles. The van der Waals surface area contributed by atoms with Gasteiger partial charge in [-0.1, -0.05) is 12.1 Å². The normalized spacial score (nSPS) is 19.5. The molecule has 0 unspecified atom stereocenters. The van der Waals surface area contributed by atoms with Crippen LogP contribution in [0.2, 0.25) is 0 Å². The number of aryl methyl sites for hydroxylation is 1. The first kappa shape index (κ1) is 17.2. The lowest BCUT2D eigenvalue weighted by molar-refractivity contribution is -0.124. The van der Waals surface area contributed by atoms with Crippen LogP contribution in [0.15, 0.2) is 24.3 Å². The average Bonchev–Trinajstić information content (AvgIpc) is 3.03. The minimum atomic E-state index is -0.518. The molecule has 0 radical (unpaired) electrons. The van der Waals surface area contributed by atoms with E-state index in [9.17, 15) is 9.18 Å². The monoisotopic (exact) mass is 358 g/mol. The summed E-state index contributed by atoms with van der Waals surface area (Å²) in [4.78, 5) is 13.6. The Balaban J connectivity index is 1.41. The first-order valence-electron chi connectivity index (χ1n) is 8.92. The number of nitrogens with zero attached hydrogens (tertiary/aromatic N) is 3. The van der Waals surface area contributed by atoms with E-state index in [0.717, 1.165) is 42.8 Å². The van der Waals surface area contributed by atoms with Crippen molar-refractivity contribution in [1.82, 2.24) is 14.7 Å². The highest BCUT2D eigenvalue weighted by atomic mass is 19.1. The van der Waals surface area contributed by atoms with Gasteiger partial charge in [0.1, 0.15) is 11.5 Å². The highest BCUT2D eigenvalue weighted by molar-refractivity contribution is 5.90. The number of halogens is 1. The molecule has 4 rings (SSSR count). The molecule has 1 fully saturated rings. The Morgan fingerprint density at radius 3 is 2.81 bits per heavy atom. The predicted molar refractivity (Wildman–Crippen MR) is 93.9 cm³/mol. The van der Waals surface area contributed by atoms with Crippen LogP contribution in [0.3, 0.4) is 0 Å². The van der Waals surface area contributed by atoms with Crippen LogP contribution >= 0.6 is 0 Å².